The fourth-order valence-electron chi connectivity index (χ4n) is 3.10. The maximum Gasteiger partial charge on any atom is 0.236 e. The van der Waals surface area contributed by atoms with Gasteiger partial charge in [-0.1, -0.05) is 53.2 Å². The number of carbonyl (C=O) groups is 1. The number of benzene rings is 2. The first-order valence-corrected chi connectivity index (χ1v) is 12.6. The van der Waals surface area contributed by atoms with Crippen LogP contribution < -0.4 is 10.1 Å². The Kier molecular flexibility index (Phi) is 7.89. The highest BCUT2D eigenvalue weighted by atomic mass is 35.5. The van der Waals surface area contributed by atoms with Crippen molar-refractivity contribution in [1.29, 1.82) is 0 Å². The minimum atomic E-state index is -0.204. The molecule has 4 aromatic rings. The number of halogens is 2. The van der Waals surface area contributed by atoms with Crippen LogP contribution in [0.1, 0.15) is 0 Å². The zero-order chi connectivity index (χ0) is 24.1. The van der Waals surface area contributed by atoms with Crippen LogP contribution in [-0.2, 0) is 11.3 Å². The molecule has 0 bridgehead atoms. The second kappa shape index (κ2) is 11.1. The van der Waals surface area contributed by atoms with Crippen LogP contribution in [0.2, 0.25) is 10.0 Å². The van der Waals surface area contributed by atoms with Gasteiger partial charge in [0.25, 0.3) is 0 Å². The summed E-state index contributed by atoms with van der Waals surface area (Å²) in [4.78, 5) is 17.0. The van der Waals surface area contributed by atoms with Crippen molar-refractivity contribution in [3.63, 3.8) is 0 Å². The fraction of sp³-hybridized carbons (Fsp3) is 0.130. The number of aromatic nitrogens is 4. The predicted octanol–water partition coefficient (Wildman–Crippen LogP) is 6.30. The topological polar surface area (TPSA) is 81.9 Å². The molecule has 0 aliphatic carbocycles. The molecule has 174 valence electrons. The normalized spacial score (nSPS) is 10.8. The number of hydrogen-bond acceptors (Lipinski definition) is 7. The quantitative estimate of drug-likeness (QED) is 0.201. The fourth-order valence-corrected chi connectivity index (χ4v) is 5.08. The van der Waals surface area contributed by atoms with E-state index in [4.69, 9.17) is 27.9 Å². The van der Waals surface area contributed by atoms with Gasteiger partial charge in [0.15, 0.2) is 16.1 Å². The van der Waals surface area contributed by atoms with Gasteiger partial charge in [0.2, 0.25) is 5.91 Å². The number of allylic oxidation sites excluding steroid dienone is 1. The Morgan fingerprint density at radius 3 is 2.88 bits per heavy atom. The van der Waals surface area contributed by atoms with Crippen molar-refractivity contribution < 1.29 is 9.53 Å². The highest BCUT2D eigenvalue weighted by Crippen LogP contribution is 2.32. The van der Waals surface area contributed by atoms with Crippen molar-refractivity contribution >= 4 is 57.3 Å². The van der Waals surface area contributed by atoms with E-state index in [1.807, 2.05) is 34.2 Å². The van der Waals surface area contributed by atoms with Crippen molar-refractivity contribution in [3.05, 3.63) is 70.5 Å². The molecule has 0 saturated heterocycles. The summed E-state index contributed by atoms with van der Waals surface area (Å²) in [6, 6.07) is 12.8. The molecule has 0 atom stereocenters. The lowest BCUT2D eigenvalue weighted by atomic mass is 10.2. The molecule has 2 aromatic carbocycles. The smallest absolute Gasteiger partial charge is 0.236 e. The van der Waals surface area contributed by atoms with Crippen LogP contribution in [0.25, 0.3) is 22.6 Å². The SMILES string of the molecule is C=CCn1c(SCC(=O)Nc2nc(-c3ccc(Cl)cc3Cl)cs2)nnc1-c1cccc(OC)c1. The molecule has 1 N–H and O–H groups in total. The maximum absolute atomic E-state index is 12.6. The lowest BCUT2D eigenvalue weighted by Crippen LogP contribution is -2.14. The minimum Gasteiger partial charge on any atom is -0.497 e. The Labute approximate surface area is 214 Å². The Bertz CT molecular complexity index is 1340. The first-order chi connectivity index (χ1) is 16.5. The molecule has 1 amide bonds. The van der Waals surface area contributed by atoms with Crippen LogP contribution >= 0.6 is 46.3 Å². The number of nitrogens with one attached hydrogen (secondary N) is 1. The number of amides is 1. The van der Waals surface area contributed by atoms with Gasteiger partial charge < -0.3 is 10.1 Å². The number of carbonyl (C=O) groups excluding carboxylic acids is 1. The van der Waals surface area contributed by atoms with Gasteiger partial charge in [-0.15, -0.1) is 28.1 Å². The Morgan fingerprint density at radius 2 is 2.12 bits per heavy atom. The van der Waals surface area contributed by atoms with E-state index in [0.29, 0.717) is 38.4 Å². The van der Waals surface area contributed by atoms with E-state index in [-0.39, 0.29) is 11.7 Å². The third-order valence-corrected chi connectivity index (χ3v) is 6.92. The number of anilines is 1. The average molecular weight is 532 g/mol. The summed E-state index contributed by atoms with van der Waals surface area (Å²) >= 11 is 14.8. The maximum atomic E-state index is 12.6. The Morgan fingerprint density at radius 1 is 1.26 bits per heavy atom. The molecule has 4 rings (SSSR count). The Hall–Kier alpha value is -2.85. The second-order valence-electron chi connectivity index (χ2n) is 6.94. The van der Waals surface area contributed by atoms with Crippen molar-refractivity contribution in [2.45, 2.75) is 11.7 Å². The summed E-state index contributed by atoms with van der Waals surface area (Å²) in [5, 5.41) is 15.4. The molecule has 2 heterocycles. The number of thioether (sulfide) groups is 1. The molecule has 11 heteroatoms. The number of hydrogen-bond donors (Lipinski definition) is 1. The van der Waals surface area contributed by atoms with Gasteiger partial charge in [-0.25, -0.2) is 4.98 Å². The van der Waals surface area contributed by atoms with Crippen LogP contribution in [0.3, 0.4) is 0 Å². The van der Waals surface area contributed by atoms with Crippen LogP contribution in [0.4, 0.5) is 5.13 Å². The lowest BCUT2D eigenvalue weighted by molar-refractivity contribution is -0.113. The molecule has 0 spiro atoms. The summed E-state index contributed by atoms with van der Waals surface area (Å²) < 4.78 is 7.21. The number of nitrogens with zero attached hydrogens (tertiary/aromatic N) is 4. The number of methoxy groups -OCH3 is 1. The molecule has 2 aromatic heterocycles. The second-order valence-corrected chi connectivity index (χ2v) is 9.58. The summed E-state index contributed by atoms with van der Waals surface area (Å²) in [7, 11) is 1.61. The molecule has 34 heavy (non-hydrogen) atoms. The number of rotatable bonds is 9. The first kappa shape index (κ1) is 24.3. The van der Waals surface area contributed by atoms with Crippen molar-refractivity contribution in [2.24, 2.45) is 0 Å². The molecular weight excluding hydrogens is 513 g/mol. The van der Waals surface area contributed by atoms with E-state index in [1.165, 1.54) is 23.1 Å². The molecule has 0 aliphatic rings. The third kappa shape index (κ3) is 5.61. The van der Waals surface area contributed by atoms with Crippen LogP contribution in [0.15, 0.2) is 65.7 Å². The summed E-state index contributed by atoms with van der Waals surface area (Å²) in [6.07, 6.45) is 1.76. The van der Waals surface area contributed by atoms with E-state index in [1.54, 1.807) is 31.4 Å². The largest absolute Gasteiger partial charge is 0.497 e. The minimum absolute atomic E-state index is 0.143. The zero-order valence-electron chi connectivity index (χ0n) is 18.0. The van der Waals surface area contributed by atoms with Gasteiger partial charge in [0, 0.05) is 28.1 Å². The van der Waals surface area contributed by atoms with Gasteiger partial charge in [0.05, 0.1) is 23.6 Å². The van der Waals surface area contributed by atoms with Crippen LogP contribution in [-0.4, -0.2) is 38.5 Å². The number of ether oxygens (including phenoxy) is 1. The van der Waals surface area contributed by atoms with Gasteiger partial charge >= 0.3 is 0 Å². The molecule has 0 saturated carbocycles. The third-order valence-electron chi connectivity index (χ3n) is 4.65. The van der Waals surface area contributed by atoms with Gasteiger partial charge in [0.1, 0.15) is 5.75 Å². The van der Waals surface area contributed by atoms with Crippen LogP contribution in [0.5, 0.6) is 5.75 Å². The molecule has 0 radical (unpaired) electrons. The molecule has 0 unspecified atom stereocenters. The molecule has 0 fully saturated rings. The molecule has 0 aliphatic heterocycles. The van der Waals surface area contributed by atoms with E-state index >= 15 is 0 Å². The van der Waals surface area contributed by atoms with E-state index < -0.39 is 0 Å². The van der Waals surface area contributed by atoms with Crippen LogP contribution in [0, 0.1) is 0 Å². The van der Waals surface area contributed by atoms with E-state index in [9.17, 15) is 4.79 Å². The highest BCUT2D eigenvalue weighted by molar-refractivity contribution is 7.99. The number of thiazole rings is 1. The predicted molar refractivity (Wildman–Crippen MR) is 139 cm³/mol. The summed E-state index contributed by atoms with van der Waals surface area (Å²) in [5.41, 5.74) is 2.28. The van der Waals surface area contributed by atoms with Crippen molar-refractivity contribution in [3.8, 4) is 28.4 Å². The van der Waals surface area contributed by atoms with E-state index in [2.05, 4.69) is 27.1 Å². The monoisotopic (exact) mass is 531 g/mol. The van der Waals surface area contributed by atoms with E-state index in [0.717, 1.165) is 16.9 Å². The standard InChI is InChI=1S/C23H19Cl2N5O2S2/c1-3-9-30-21(14-5-4-6-16(10-14)32-2)28-29-23(30)34-13-20(31)27-22-26-19(12-33-22)17-8-7-15(24)11-18(17)25/h3-8,10-12H,1,9,13H2,2H3,(H,26,27,31). The van der Waals surface area contributed by atoms with Crippen molar-refractivity contribution in [2.75, 3.05) is 18.2 Å². The van der Waals surface area contributed by atoms with Gasteiger partial charge in [-0.05, 0) is 30.3 Å². The van der Waals surface area contributed by atoms with Crippen molar-refractivity contribution in [1.82, 2.24) is 19.7 Å². The lowest BCUT2D eigenvalue weighted by Gasteiger charge is -2.08. The average Bonchev–Trinajstić information content (AvgIpc) is 3.45. The first-order valence-electron chi connectivity index (χ1n) is 10.0. The summed E-state index contributed by atoms with van der Waals surface area (Å²) in [5.74, 6) is 1.33. The summed E-state index contributed by atoms with van der Waals surface area (Å²) in [6.45, 7) is 4.32. The zero-order valence-corrected chi connectivity index (χ0v) is 21.1. The Balaban J connectivity index is 1.44. The molecular formula is C23H19Cl2N5O2S2. The highest BCUT2D eigenvalue weighted by Gasteiger charge is 2.16. The molecule has 7 nitrogen and oxygen atoms in total. The van der Waals surface area contributed by atoms with Gasteiger partial charge in [-0.2, -0.15) is 0 Å². The van der Waals surface area contributed by atoms with Gasteiger partial charge in [-0.3, -0.25) is 9.36 Å².